The molecule has 0 aliphatic carbocycles. The van der Waals surface area contributed by atoms with Crippen molar-refractivity contribution in [3.63, 3.8) is 0 Å². The largest absolute Gasteiger partial charge is 0.482 e. The average molecular weight is 474 g/mol. The Hall–Kier alpha value is -1.56. The molecule has 1 atom stereocenters. The van der Waals surface area contributed by atoms with Gasteiger partial charge in [0.1, 0.15) is 5.75 Å². The predicted octanol–water partition coefficient (Wildman–Crippen LogP) is 6.23. The second-order valence-electron chi connectivity index (χ2n) is 6.45. The number of hydrogen-bond acceptors (Lipinski definition) is 5. The van der Waals surface area contributed by atoms with Gasteiger partial charge in [0.2, 0.25) is 0 Å². The Labute approximate surface area is 187 Å². The van der Waals surface area contributed by atoms with Gasteiger partial charge in [-0.15, -0.1) is 0 Å². The SMILES string of the molecule is CCCOP(=O)(OCCC)[C@@H](NC(=O)COc1ccc(Cl)cc1Cl)c1ccccc1. The van der Waals surface area contributed by atoms with Gasteiger partial charge >= 0.3 is 7.60 Å². The molecule has 0 heterocycles. The van der Waals surface area contributed by atoms with Gasteiger partial charge in [-0.1, -0.05) is 67.4 Å². The van der Waals surface area contributed by atoms with E-state index in [0.29, 0.717) is 29.2 Å². The maximum atomic E-state index is 13.6. The summed E-state index contributed by atoms with van der Waals surface area (Å²) in [4.78, 5) is 12.6. The lowest BCUT2D eigenvalue weighted by Crippen LogP contribution is -2.33. The summed E-state index contributed by atoms with van der Waals surface area (Å²) in [5, 5.41) is 3.50. The quantitative estimate of drug-likeness (QED) is 0.369. The highest BCUT2D eigenvalue weighted by Crippen LogP contribution is 2.59. The van der Waals surface area contributed by atoms with E-state index in [2.05, 4.69) is 5.32 Å². The third-order valence-corrected chi connectivity index (χ3v) is 6.61. The molecule has 0 aliphatic rings. The fourth-order valence-electron chi connectivity index (χ4n) is 2.53. The van der Waals surface area contributed by atoms with Gasteiger partial charge in [0.25, 0.3) is 5.91 Å². The normalized spacial score (nSPS) is 12.4. The molecule has 0 aliphatic heterocycles. The van der Waals surface area contributed by atoms with Crippen LogP contribution in [0.5, 0.6) is 5.75 Å². The van der Waals surface area contributed by atoms with Crippen molar-refractivity contribution in [2.45, 2.75) is 32.5 Å². The predicted molar refractivity (Wildman–Crippen MR) is 119 cm³/mol. The van der Waals surface area contributed by atoms with Crippen LogP contribution in [0.25, 0.3) is 0 Å². The molecule has 2 rings (SSSR count). The van der Waals surface area contributed by atoms with Crippen LogP contribution in [-0.4, -0.2) is 25.7 Å². The maximum absolute atomic E-state index is 13.6. The van der Waals surface area contributed by atoms with Gasteiger partial charge in [-0.3, -0.25) is 9.36 Å². The van der Waals surface area contributed by atoms with Gasteiger partial charge in [0.15, 0.2) is 12.4 Å². The Morgan fingerprint density at radius 2 is 1.67 bits per heavy atom. The average Bonchev–Trinajstić information content (AvgIpc) is 2.74. The van der Waals surface area contributed by atoms with Gasteiger partial charge < -0.3 is 19.1 Å². The Morgan fingerprint density at radius 3 is 2.23 bits per heavy atom. The van der Waals surface area contributed by atoms with Crippen LogP contribution in [0.4, 0.5) is 0 Å². The molecule has 2 aromatic carbocycles. The number of benzene rings is 2. The van der Waals surface area contributed by atoms with Crippen LogP contribution in [0.2, 0.25) is 10.0 Å². The zero-order valence-corrected chi connectivity index (χ0v) is 19.4. The Balaban J connectivity index is 2.19. The molecule has 2 aromatic rings. The molecule has 0 saturated heterocycles. The van der Waals surface area contributed by atoms with E-state index < -0.39 is 19.3 Å². The molecule has 9 heteroatoms. The van der Waals surface area contributed by atoms with Crippen molar-refractivity contribution < 1.29 is 23.1 Å². The van der Waals surface area contributed by atoms with E-state index in [-0.39, 0.29) is 24.8 Å². The minimum Gasteiger partial charge on any atom is -0.482 e. The van der Waals surface area contributed by atoms with E-state index in [1.54, 1.807) is 36.4 Å². The van der Waals surface area contributed by atoms with Crippen LogP contribution < -0.4 is 10.1 Å². The molecule has 6 nitrogen and oxygen atoms in total. The molecule has 0 fully saturated rings. The molecule has 1 amide bonds. The van der Waals surface area contributed by atoms with Gasteiger partial charge in [0, 0.05) is 5.02 Å². The zero-order valence-electron chi connectivity index (χ0n) is 17.0. The number of amides is 1. The molecule has 0 radical (unpaired) electrons. The standard InChI is InChI=1S/C21H26Cl2NO5P/c1-3-12-28-30(26,29-13-4-2)21(16-8-6-5-7-9-16)24-20(25)15-27-19-11-10-17(22)14-18(19)23/h5-11,14,21H,3-4,12-13,15H2,1-2H3,(H,24,25)/t21-/m1/s1. The van der Waals surface area contributed by atoms with Crippen molar-refractivity contribution in [2.24, 2.45) is 0 Å². The summed E-state index contributed by atoms with van der Waals surface area (Å²) in [7, 11) is -3.68. The van der Waals surface area contributed by atoms with Crippen molar-refractivity contribution in [1.82, 2.24) is 5.32 Å². The van der Waals surface area contributed by atoms with Crippen LogP contribution in [0.15, 0.2) is 48.5 Å². The first-order chi connectivity index (χ1) is 14.4. The fourth-order valence-corrected chi connectivity index (χ4v) is 5.08. The summed E-state index contributed by atoms with van der Waals surface area (Å²) in [6.07, 6.45) is 1.32. The van der Waals surface area contributed by atoms with Crippen LogP contribution in [-0.2, 0) is 18.4 Å². The molecule has 164 valence electrons. The van der Waals surface area contributed by atoms with Gasteiger partial charge in [-0.25, -0.2) is 0 Å². The lowest BCUT2D eigenvalue weighted by Gasteiger charge is -2.28. The van der Waals surface area contributed by atoms with Crippen molar-refractivity contribution >= 4 is 36.7 Å². The summed E-state index contributed by atoms with van der Waals surface area (Å²) < 4.78 is 30.4. The number of halogens is 2. The minimum absolute atomic E-state index is 0.247. The number of carbonyl (C=O) groups is 1. The molecule has 30 heavy (non-hydrogen) atoms. The van der Waals surface area contributed by atoms with E-state index in [1.165, 1.54) is 6.07 Å². The molecule has 1 N–H and O–H groups in total. The summed E-state index contributed by atoms with van der Waals surface area (Å²) in [6, 6.07) is 13.7. The fraction of sp³-hybridized carbons (Fsp3) is 0.381. The molecular formula is C21H26Cl2NO5P. The molecular weight excluding hydrogens is 448 g/mol. The topological polar surface area (TPSA) is 73.9 Å². The maximum Gasteiger partial charge on any atom is 0.357 e. The first kappa shape index (κ1) is 24.7. The van der Waals surface area contributed by atoms with Crippen LogP contribution in [0.3, 0.4) is 0 Å². The van der Waals surface area contributed by atoms with Gasteiger partial charge in [-0.2, -0.15) is 0 Å². The molecule has 0 spiro atoms. The third kappa shape index (κ3) is 7.29. The second kappa shape index (κ2) is 12.3. The summed E-state index contributed by atoms with van der Waals surface area (Å²) in [6.45, 7) is 3.98. The first-order valence-corrected chi connectivity index (χ1v) is 12.1. The molecule has 0 aromatic heterocycles. The number of hydrogen-bond donors (Lipinski definition) is 1. The van der Waals surface area contributed by atoms with Crippen LogP contribution in [0, 0.1) is 0 Å². The van der Waals surface area contributed by atoms with Gasteiger partial charge in [0.05, 0.1) is 18.2 Å². The molecule has 0 saturated carbocycles. The van der Waals surface area contributed by atoms with E-state index in [9.17, 15) is 9.36 Å². The van der Waals surface area contributed by atoms with E-state index >= 15 is 0 Å². The van der Waals surface area contributed by atoms with Crippen molar-refractivity contribution in [3.8, 4) is 5.75 Å². The monoisotopic (exact) mass is 473 g/mol. The van der Waals surface area contributed by atoms with E-state index in [0.717, 1.165) is 0 Å². The van der Waals surface area contributed by atoms with Crippen LogP contribution >= 0.6 is 30.8 Å². The second-order valence-corrected chi connectivity index (χ2v) is 9.41. The number of rotatable bonds is 12. The van der Waals surface area contributed by atoms with E-state index in [1.807, 2.05) is 19.9 Å². The first-order valence-electron chi connectivity index (χ1n) is 9.70. The number of carbonyl (C=O) groups excluding carboxylic acids is 1. The van der Waals surface area contributed by atoms with Crippen molar-refractivity contribution in [3.05, 3.63) is 64.1 Å². The highest BCUT2D eigenvalue weighted by Gasteiger charge is 2.38. The summed E-state index contributed by atoms with van der Waals surface area (Å²) >= 11 is 11.9. The summed E-state index contributed by atoms with van der Waals surface area (Å²) in [5.74, 6) is -1.14. The van der Waals surface area contributed by atoms with E-state index in [4.69, 9.17) is 37.0 Å². The minimum atomic E-state index is -3.68. The Morgan fingerprint density at radius 1 is 1.03 bits per heavy atom. The third-order valence-electron chi connectivity index (χ3n) is 3.93. The highest BCUT2D eigenvalue weighted by atomic mass is 35.5. The molecule has 0 bridgehead atoms. The Kier molecular flexibility index (Phi) is 10.2. The lowest BCUT2D eigenvalue weighted by molar-refractivity contribution is -0.123. The zero-order chi connectivity index (χ0) is 22.0. The molecule has 0 unspecified atom stereocenters. The van der Waals surface area contributed by atoms with Crippen LogP contribution in [0.1, 0.15) is 38.0 Å². The lowest BCUT2D eigenvalue weighted by atomic mass is 10.2. The summed E-state index contributed by atoms with van der Waals surface area (Å²) in [5.41, 5.74) is 0.617. The number of ether oxygens (including phenoxy) is 1. The highest BCUT2D eigenvalue weighted by molar-refractivity contribution is 7.54. The van der Waals surface area contributed by atoms with Crippen molar-refractivity contribution in [1.29, 1.82) is 0 Å². The van der Waals surface area contributed by atoms with Gasteiger partial charge in [-0.05, 0) is 36.6 Å². The smallest absolute Gasteiger partial charge is 0.357 e. The Bertz CT molecular complexity index is 854. The number of nitrogens with one attached hydrogen (secondary N) is 1. The van der Waals surface area contributed by atoms with Crippen molar-refractivity contribution in [2.75, 3.05) is 19.8 Å².